The van der Waals surface area contributed by atoms with Gasteiger partial charge in [-0.2, -0.15) is 0 Å². The van der Waals surface area contributed by atoms with Crippen molar-refractivity contribution in [3.63, 3.8) is 0 Å². The summed E-state index contributed by atoms with van der Waals surface area (Å²) in [5, 5.41) is 9.61. The van der Waals surface area contributed by atoms with Gasteiger partial charge in [-0.25, -0.2) is 0 Å². The van der Waals surface area contributed by atoms with Crippen molar-refractivity contribution in [1.82, 2.24) is 0 Å². The van der Waals surface area contributed by atoms with E-state index in [4.69, 9.17) is 0 Å². The molecule has 0 aliphatic heterocycles. The molecule has 1 N–H and O–H groups in total. The van der Waals surface area contributed by atoms with Crippen LogP contribution in [0.25, 0.3) is 0 Å². The molecule has 0 amide bonds. The summed E-state index contributed by atoms with van der Waals surface area (Å²) in [4.78, 5) is 0. The van der Waals surface area contributed by atoms with Crippen molar-refractivity contribution in [1.29, 1.82) is 0 Å². The fourth-order valence-corrected chi connectivity index (χ4v) is 4.29. The van der Waals surface area contributed by atoms with Crippen LogP contribution in [0.1, 0.15) is 12.8 Å². The van der Waals surface area contributed by atoms with Crippen LogP contribution >= 0.6 is 0 Å². The number of hydrogen-bond acceptors (Lipinski definition) is 1. The van der Waals surface area contributed by atoms with E-state index >= 15 is 0 Å². The Morgan fingerprint density at radius 2 is 1.60 bits per heavy atom. The van der Waals surface area contributed by atoms with Gasteiger partial charge in [0.1, 0.15) is 0 Å². The first kappa shape index (κ1) is 4.76. The molecule has 0 bridgehead atoms. The second-order valence-electron chi connectivity index (χ2n) is 4.76. The Morgan fingerprint density at radius 3 is 2.50 bits per heavy atom. The molecule has 0 spiro atoms. The zero-order valence-corrected chi connectivity index (χ0v) is 5.90. The summed E-state index contributed by atoms with van der Waals surface area (Å²) in [5.41, 5.74) is 0. The van der Waals surface area contributed by atoms with Gasteiger partial charge in [-0.15, -0.1) is 0 Å². The van der Waals surface area contributed by atoms with E-state index < -0.39 is 0 Å². The molecule has 0 aromatic rings. The van der Waals surface area contributed by atoms with Crippen LogP contribution in [0.4, 0.5) is 0 Å². The monoisotopic (exact) mass is 136 g/mol. The van der Waals surface area contributed by atoms with Crippen LogP contribution in [0, 0.1) is 35.5 Å². The number of rotatable bonds is 0. The average Bonchev–Trinajstić information content (AvgIpc) is 2.72. The highest BCUT2D eigenvalue weighted by molar-refractivity contribution is 5.25. The van der Waals surface area contributed by atoms with Crippen molar-refractivity contribution >= 4 is 0 Å². The lowest BCUT2D eigenvalue weighted by Crippen LogP contribution is -2.16. The lowest BCUT2D eigenvalue weighted by Gasteiger charge is -2.13. The number of hydrogen-bond donors (Lipinski definition) is 1. The Morgan fingerprint density at radius 1 is 0.800 bits per heavy atom. The van der Waals surface area contributed by atoms with Gasteiger partial charge >= 0.3 is 0 Å². The quantitative estimate of drug-likeness (QED) is 0.524. The summed E-state index contributed by atoms with van der Waals surface area (Å²) in [6, 6.07) is 0. The van der Waals surface area contributed by atoms with Crippen molar-refractivity contribution in [2.45, 2.75) is 18.9 Å². The molecule has 0 aromatic carbocycles. The number of fused-ring (bicyclic) bond motifs is 2. The van der Waals surface area contributed by atoms with Gasteiger partial charge in [0.05, 0.1) is 6.10 Å². The zero-order valence-electron chi connectivity index (χ0n) is 5.90. The van der Waals surface area contributed by atoms with Crippen molar-refractivity contribution in [2.75, 3.05) is 0 Å². The molecule has 1 heteroatoms. The third-order valence-electron chi connectivity index (χ3n) is 4.64. The van der Waals surface area contributed by atoms with E-state index in [1.165, 1.54) is 6.42 Å². The molecule has 4 rings (SSSR count). The van der Waals surface area contributed by atoms with Crippen LogP contribution in [-0.2, 0) is 0 Å². The van der Waals surface area contributed by atoms with E-state index in [-0.39, 0.29) is 6.10 Å². The summed E-state index contributed by atoms with van der Waals surface area (Å²) in [6.07, 6.45) is 2.76. The first-order valence-electron chi connectivity index (χ1n) is 4.56. The fourth-order valence-electron chi connectivity index (χ4n) is 4.29. The topological polar surface area (TPSA) is 20.2 Å². The summed E-state index contributed by atoms with van der Waals surface area (Å²) >= 11 is 0. The predicted molar refractivity (Wildman–Crippen MR) is 36.2 cm³/mol. The highest BCUT2D eigenvalue weighted by Crippen LogP contribution is 2.80. The third-order valence-corrected chi connectivity index (χ3v) is 4.64. The Kier molecular flexibility index (Phi) is 0.513. The van der Waals surface area contributed by atoms with Gasteiger partial charge in [0, 0.05) is 0 Å². The first-order valence-corrected chi connectivity index (χ1v) is 4.56. The minimum atomic E-state index is 0.115. The molecule has 4 fully saturated rings. The van der Waals surface area contributed by atoms with E-state index in [2.05, 4.69) is 0 Å². The van der Waals surface area contributed by atoms with Crippen molar-refractivity contribution in [2.24, 2.45) is 35.5 Å². The molecule has 4 saturated carbocycles. The highest BCUT2D eigenvalue weighted by atomic mass is 16.3. The third kappa shape index (κ3) is 0.298. The van der Waals surface area contributed by atoms with Gasteiger partial charge in [0.2, 0.25) is 0 Å². The summed E-state index contributed by atoms with van der Waals surface area (Å²) in [5.74, 6) is 5.96. The molecular weight excluding hydrogens is 124 g/mol. The molecule has 4 aliphatic carbocycles. The van der Waals surface area contributed by atoms with Gasteiger partial charge in [-0.1, -0.05) is 0 Å². The van der Waals surface area contributed by atoms with Gasteiger partial charge in [0.25, 0.3) is 0 Å². The van der Waals surface area contributed by atoms with Gasteiger partial charge < -0.3 is 5.11 Å². The molecule has 7 atom stereocenters. The van der Waals surface area contributed by atoms with E-state index in [1.54, 1.807) is 0 Å². The predicted octanol–water partition coefficient (Wildman–Crippen LogP) is 0.879. The zero-order chi connectivity index (χ0) is 6.46. The molecular formula is C9H12O. The molecule has 1 nitrogen and oxygen atoms in total. The van der Waals surface area contributed by atoms with Crippen LogP contribution < -0.4 is 0 Å². The Labute approximate surface area is 60.4 Å². The van der Waals surface area contributed by atoms with Crippen LogP contribution in [-0.4, -0.2) is 11.2 Å². The van der Waals surface area contributed by atoms with E-state index in [0.717, 1.165) is 41.9 Å². The molecule has 6 unspecified atom stereocenters. The summed E-state index contributed by atoms with van der Waals surface area (Å²) < 4.78 is 0. The second-order valence-corrected chi connectivity index (χ2v) is 4.76. The van der Waals surface area contributed by atoms with Gasteiger partial charge in [0.15, 0.2) is 0 Å². The Balaban J connectivity index is 1.84. The van der Waals surface area contributed by atoms with E-state index in [9.17, 15) is 5.11 Å². The summed E-state index contributed by atoms with van der Waals surface area (Å²) in [7, 11) is 0. The maximum Gasteiger partial charge on any atom is 0.0576 e. The fraction of sp³-hybridized carbons (Fsp3) is 1.00. The Bertz CT molecular complexity index is 206. The van der Waals surface area contributed by atoms with E-state index in [1.807, 2.05) is 0 Å². The molecule has 0 saturated heterocycles. The van der Waals surface area contributed by atoms with Crippen molar-refractivity contribution in [3.05, 3.63) is 0 Å². The molecule has 10 heavy (non-hydrogen) atoms. The lowest BCUT2D eigenvalue weighted by molar-refractivity contribution is 0.109. The minimum Gasteiger partial charge on any atom is -0.393 e. The van der Waals surface area contributed by atoms with Gasteiger partial charge in [-0.05, 0) is 48.3 Å². The van der Waals surface area contributed by atoms with Crippen LogP contribution in [0.5, 0.6) is 0 Å². The van der Waals surface area contributed by atoms with Crippen LogP contribution in [0.15, 0.2) is 0 Å². The van der Waals surface area contributed by atoms with Gasteiger partial charge in [-0.3, -0.25) is 0 Å². The molecule has 54 valence electrons. The van der Waals surface area contributed by atoms with Crippen molar-refractivity contribution < 1.29 is 5.11 Å². The number of aliphatic hydroxyl groups is 1. The SMILES string of the molecule is O[C@H]1CC2C3CC4C(C32)C41. The van der Waals surface area contributed by atoms with Crippen LogP contribution in [0.2, 0.25) is 0 Å². The minimum absolute atomic E-state index is 0.115. The molecule has 0 aromatic heterocycles. The van der Waals surface area contributed by atoms with Crippen LogP contribution in [0.3, 0.4) is 0 Å². The van der Waals surface area contributed by atoms with Crippen molar-refractivity contribution in [3.8, 4) is 0 Å². The molecule has 4 aliphatic rings. The smallest absolute Gasteiger partial charge is 0.0576 e. The standard InChI is InChI=1S/C9H12O/c10-6-2-4-3-1-5-8(6)9(5)7(3)4/h3-10H,1-2H2/t3?,4?,5?,6-,7?,8?,9?/m0/s1. The Hall–Kier alpha value is -0.0400. The number of aliphatic hydroxyl groups excluding tert-OH is 1. The second kappa shape index (κ2) is 1.08. The maximum absolute atomic E-state index is 9.61. The van der Waals surface area contributed by atoms with E-state index in [0.29, 0.717) is 0 Å². The normalized spacial score (nSPS) is 80.7. The maximum atomic E-state index is 9.61. The lowest BCUT2D eigenvalue weighted by atomic mass is 9.98. The largest absolute Gasteiger partial charge is 0.393 e. The average molecular weight is 136 g/mol. The first-order chi connectivity index (χ1) is 4.88. The summed E-state index contributed by atoms with van der Waals surface area (Å²) in [6.45, 7) is 0. The molecule has 0 heterocycles. The molecule has 0 radical (unpaired) electrons. The highest BCUT2D eigenvalue weighted by Gasteiger charge is 2.77.